The number of ether oxygens (including phenoxy) is 1. The van der Waals surface area contributed by atoms with Gasteiger partial charge in [-0.05, 0) is 55.3 Å². The standard InChI is InChI=1S/C30H32Cl2N6O3/c31-22-15-26(32)27(33-18-22)19-41-28-16-24-21(17-34-28)13-20(14-25(24)30(40)36-8-2-1-3-9-36)29(39)37-11-5-23(6-12-37)38-10-4-7-35-38/h4,7,10,13-18,23,30,40H,1-3,5-6,8-9,11-12,19H2. The number of amides is 1. The lowest BCUT2D eigenvalue weighted by molar-refractivity contribution is -0.00882. The van der Waals surface area contributed by atoms with E-state index in [-0.39, 0.29) is 12.5 Å². The second-order valence-corrected chi connectivity index (χ2v) is 11.5. The number of pyridine rings is 2. The number of likely N-dealkylation sites (tertiary alicyclic amines) is 2. The average Bonchev–Trinajstić information content (AvgIpc) is 3.55. The zero-order chi connectivity index (χ0) is 28.3. The summed E-state index contributed by atoms with van der Waals surface area (Å²) in [6, 6.07) is 9.35. The Balaban J connectivity index is 1.27. The highest BCUT2D eigenvalue weighted by atomic mass is 35.5. The highest BCUT2D eigenvalue weighted by Gasteiger charge is 2.28. The molecular formula is C30H32Cl2N6O3. The molecule has 0 saturated carbocycles. The maximum atomic E-state index is 13.7. The first-order chi connectivity index (χ1) is 20.0. The summed E-state index contributed by atoms with van der Waals surface area (Å²) >= 11 is 12.2. The molecule has 0 bridgehead atoms. The number of nitrogens with zero attached hydrogens (tertiary/aromatic N) is 6. The zero-order valence-corrected chi connectivity index (χ0v) is 24.1. The summed E-state index contributed by atoms with van der Waals surface area (Å²) in [6.07, 6.45) is 11.0. The van der Waals surface area contributed by atoms with Crippen molar-refractivity contribution in [1.29, 1.82) is 0 Å². The molecule has 0 aliphatic carbocycles. The molecule has 2 aliphatic heterocycles. The summed E-state index contributed by atoms with van der Waals surface area (Å²) in [5, 5.41) is 18.3. The summed E-state index contributed by atoms with van der Waals surface area (Å²) in [4.78, 5) is 26.4. The number of hydrogen-bond acceptors (Lipinski definition) is 7. The number of carbonyl (C=O) groups excluding carboxylic acids is 1. The lowest BCUT2D eigenvalue weighted by Crippen LogP contribution is -2.39. The van der Waals surface area contributed by atoms with Gasteiger partial charge in [0.15, 0.2) is 0 Å². The largest absolute Gasteiger partial charge is 0.471 e. The van der Waals surface area contributed by atoms with Gasteiger partial charge in [0.2, 0.25) is 5.88 Å². The molecule has 2 saturated heterocycles. The molecule has 41 heavy (non-hydrogen) atoms. The number of aliphatic hydroxyl groups excluding tert-OH is 1. The van der Waals surface area contributed by atoms with Crippen LogP contribution in [0.5, 0.6) is 5.88 Å². The van der Waals surface area contributed by atoms with Crippen LogP contribution in [0.15, 0.2) is 55.1 Å². The van der Waals surface area contributed by atoms with Gasteiger partial charge in [0.25, 0.3) is 5.91 Å². The first-order valence-electron chi connectivity index (χ1n) is 14.0. The van der Waals surface area contributed by atoms with Crippen molar-refractivity contribution in [3.05, 3.63) is 82.0 Å². The van der Waals surface area contributed by atoms with Crippen molar-refractivity contribution in [3.8, 4) is 5.88 Å². The van der Waals surface area contributed by atoms with Gasteiger partial charge >= 0.3 is 0 Å². The van der Waals surface area contributed by atoms with Crippen LogP contribution in [0.2, 0.25) is 10.0 Å². The minimum atomic E-state index is -0.848. The lowest BCUT2D eigenvalue weighted by atomic mass is 9.98. The third-order valence-corrected chi connectivity index (χ3v) is 8.53. The molecule has 2 aliphatic rings. The van der Waals surface area contributed by atoms with Gasteiger partial charge in [-0.2, -0.15) is 5.10 Å². The molecule has 9 nitrogen and oxygen atoms in total. The molecule has 6 rings (SSSR count). The number of aromatic nitrogens is 4. The van der Waals surface area contributed by atoms with Crippen LogP contribution in [0.4, 0.5) is 0 Å². The third-order valence-electron chi connectivity index (χ3n) is 8.00. The van der Waals surface area contributed by atoms with E-state index in [1.165, 1.54) is 6.20 Å². The zero-order valence-electron chi connectivity index (χ0n) is 22.6. The number of aliphatic hydroxyl groups is 1. The number of hydrogen-bond donors (Lipinski definition) is 1. The summed E-state index contributed by atoms with van der Waals surface area (Å²) in [7, 11) is 0. The van der Waals surface area contributed by atoms with Crippen LogP contribution in [0.3, 0.4) is 0 Å². The highest BCUT2D eigenvalue weighted by Crippen LogP contribution is 2.33. The summed E-state index contributed by atoms with van der Waals surface area (Å²) in [6.45, 7) is 3.02. The van der Waals surface area contributed by atoms with Crippen LogP contribution >= 0.6 is 23.2 Å². The lowest BCUT2D eigenvalue weighted by Gasteiger charge is -2.33. The molecule has 3 aromatic heterocycles. The molecule has 1 amide bonds. The van der Waals surface area contributed by atoms with Crippen molar-refractivity contribution < 1.29 is 14.6 Å². The fraction of sp³-hybridized carbons (Fsp3) is 0.400. The molecule has 2 fully saturated rings. The SMILES string of the molecule is O=C(c1cc(C(O)N2CCCCC2)c2cc(OCc3ncc(Cl)cc3Cl)ncc2c1)N1CCC(n2cccn2)CC1. The molecular weight excluding hydrogens is 563 g/mol. The summed E-state index contributed by atoms with van der Waals surface area (Å²) < 4.78 is 7.92. The first kappa shape index (κ1) is 27.9. The van der Waals surface area contributed by atoms with Crippen LogP contribution in [0, 0.1) is 0 Å². The number of carbonyl (C=O) groups is 1. The molecule has 0 radical (unpaired) electrons. The number of benzene rings is 1. The van der Waals surface area contributed by atoms with Crippen molar-refractivity contribution in [2.45, 2.75) is 51.0 Å². The van der Waals surface area contributed by atoms with Gasteiger partial charge in [-0.15, -0.1) is 0 Å². The third kappa shape index (κ3) is 6.18. The predicted octanol–water partition coefficient (Wildman–Crippen LogP) is 5.67. The molecule has 5 heterocycles. The Hall–Kier alpha value is -3.24. The molecule has 1 aromatic carbocycles. The van der Waals surface area contributed by atoms with Gasteiger partial charge in [-0.25, -0.2) is 4.98 Å². The van der Waals surface area contributed by atoms with Crippen LogP contribution < -0.4 is 4.74 Å². The topological polar surface area (TPSA) is 96.6 Å². The van der Waals surface area contributed by atoms with Gasteiger partial charge in [0, 0.05) is 73.5 Å². The van der Waals surface area contributed by atoms with E-state index in [0.29, 0.717) is 51.9 Å². The number of piperidine rings is 2. The van der Waals surface area contributed by atoms with Crippen LogP contribution in [-0.2, 0) is 6.61 Å². The Labute approximate surface area is 248 Å². The van der Waals surface area contributed by atoms with Crippen LogP contribution in [0.25, 0.3) is 10.8 Å². The van der Waals surface area contributed by atoms with Gasteiger partial charge in [-0.3, -0.25) is 19.4 Å². The first-order valence-corrected chi connectivity index (χ1v) is 14.8. The average molecular weight is 596 g/mol. The minimum Gasteiger partial charge on any atom is -0.471 e. The van der Waals surface area contributed by atoms with E-state index < -0.39 is 6.23 Å². The number of halogens is 2. The molecule has 1 unspecified atom stereocenters. The fourth-order valence-corrected chi connectivity index (χ4v) is 6.18. The van der Waals surface area contributed by atoms with Crippen molar-refractivity contribution in [1.82, 2.24) is 29.5 Å². The highest BCUT2D eigenvalue weighted by molar-refractivity contribution is 6.34. The smallest absolute Gasteiger partial charge is 0.253 e. The number of fused-ring (bicyclic) bond motifs is 1. The second kappa shape index (κ2) is 12.3. The van der Waals surface area contributed by atoms with Gasteiger partial charge in [0.1, 0.15) is 12.8 Å². The Morgan fingerprint density at radius 2 is 1.83 bits per heavy atom. The van der Waals surface area contributed by atoms with E-state index in [9.17, 15) is 9.90 Å². The molecule has 1 N–H and O–H groups in total. The van der Waals surface area contributed by atoms with Crippen LogP contribution in [-0.4, -0.2) is 66.7 Å². The minimum absolute atomic E-state index is 0.0401. The van der Waals surface area contributed by atoms with Crippen molar-refractivity contribution >= 4 is 39.9 Å². The van der Waals surface area contributed by atoms with Gasteiger partial charge in [-0.1, -0.05) is 29.6 Å². The quantitative estimate of drug-likeness (QED) is 0.294. The Bertz CT molecular complexity index is 1520. The van der Waals surface area contributed by atoms with E-state index in [1.807, 2.05) is 40.0 Å². The fourth-order valence-electron chi connectivity index (χ4n) is 5.75. The van der Waals surface area contributed by atoms with E-state index in [1.54, 1.807) is 18.5 Å². The monoisotopic (exact) mass is 594 g/mol. The molecule has 4 aromatic rings. The van der Waals surface area contributed by atoms with Crippen LogP contribution in [0.1, 0.15) is 66.0 Å². The Kier molecular flexibility index (Phi) is 8.39. The number of rotatable bonds is 7. The summed E-state index contributed by atoms with van der Waals surface area (Å²) in [5.41, 5.74) is 1.77. The maximum Gasteiger partial charge on any atom is 0.253 e. The molecule has 214 valence electrons. The molecule has 11 heteroatoms. The van der Waals surface area contributed by atoms with Gasteiger partial charge < -0.3 is 14.7 Å². The molecule has 1 atom stereocenters. The summed E-state index contributed by atoms with van der Waals surface area (Å²) in [5.74, 6) is 0.332. The van der Waals surface area contributed by atoms with E-state index in [4.69, 9.17) is 27.9 Å². The predicted molar refractivity (Wildman–Crippen MR) is 157 cm³/mol. The maximum absolute atomic E-state index is 13.7. The van der Waals surface area contributed by atoms with E-state index >= 15 is 0 Å². The van der Waals surface area contributed by atoms with E-state index in [0.717, 1.165) is 56.0 Å². The Morgan fingerprint density at radius 1 is 1.02 bits per heavy atom. The van der Waals surface area contributed by atoms with Crippen molar-refractivity contribution in [3.63, 3.8) is 0 Å². The van der Waals surface area contributed by atoms with Gasteiger partial charge in [0.05, 0.1) is 21.8 Å². The normalized spacial score (nSPS) is 17.6. The molecule has 0 spiro atoms. The van der Waals surface area contributed by atoms with Crippen molar-refractivity contribution in [2.24, 2.45) is 0 Å². The van der Waals surface area contributed by atoms with E-state index in [2.05, 4.69) is 20.0 Å². The van der Waals surface area contributed by atoms with Crippen molar-refractivity contribution in [2.75, 3.05) is 26.2 Å². The Morgan fingerprint density at radius 3 is 2.56 bits per heavy atom. The second-order valence-electron chi connectivity index (χ2n) is 10.7.